The fraction of sp³-hybridized carbons (Fsp3) is 0.333. The minimum atomic E-state index is -1.82. The number of carboxylic acids is 2. The van der Waals surface area contributed by atoms with Crippen LogP contribution in [-0.4, -0.2) is 27.9 Å². The number of aliphatic carboxylic acids is 2. The zero-order valence-electron chi connectivity index (χ0n) is 10.5. The summed E-state index contributed by atoms with van der Waals surface area (Å²) in [6, 6.07) is 5.44. The second-order valence-electron chi connectivity index (χ2n) is 4.01. The summed E-state index contributed by atoms with van der Waals surface area (Å²) in [5, 5.41) is 14.8. The van der Waals surface area contributed by atoms with Crippen LogP contribution >= 0.6 is 0 Å². The largest absolute Gasteiger partial charge is 0.473 e. The molecule has 1 atom stereocenters. The molecule has 19 heavy (non-hydrogen) atoms. The number of hydrogen-bond donors (Lipinski definition) is 3. The van der Waals surface area contributed by atoms with Crippen LogP contribution in [0, 0.1) is 0 Å². The third-order valence-electron chi connectivity index (χ3n) is 2.44. The number of carbonyl (C=O) groups is 2. The maximum atomic E-state index is 9.10. The van der Waals surface area contributed by atoms with Crippen molar-refractivity contribution >= 4 is 17.6 Å². The second-order valence-corrected chi connectivity index (χ2v) is 4.01. The van der Waals surface area contributed by atoms with Crippen molar-refractivity contribution in [2.45, 2.75) is 26.1 Å². The molecule has 0 radical (unpaired) electrons. The molecule has 0 saturated heterocycles. The number of hydrogen-bond acceptors (Lipinski definition) is 5. The van der Waals surface area contributed by atoms with Crippen LogP contribution in [0.15, 0.2) is 18.2 Å². The highest BCUT2D eigenvalue weighted by Gasteiger charge is 2.34. The van der Waals surface area contributed by atoms with Gasteiger partial charge in [-0.2, -0.15) is 0 Å². The first-order chi connectivity index (χ1) is 8.77. The van der Waals surface area contributed by atoms with E-state index in [1.54, 1.807) is 6.07 Å². The summed E-state index contributed by atoms with van der Waals surface area (Å²) in [6.07, 6.45) is 0.807. The van der Waals surface area contributed by atoms with Crippen molar-refractivity contribution in [3.05, 3.63) is 18.2 Å². The number of fused-ring (bicyclic) bond motifs is 1. The average molecular weight is 269 g/mol. The van der Waals surface area contributed by atoms with Crippen molar-refractivity contribution in [1.82, 2.24) is 0 Å². The minimum absolute atomic E-state index is 0.518. The van der Waals surface area contributed by atoms with Crippen LogP contribution in [-0.2, 0) is 9.59 Å². The molecule has 1 heterocycles. The normalized spacial score (nSPS) is 19.3. The van der Waals surface area contributed by atoms with E-state index in [-0.39, 0.29) is 0 Å². The Morgan fingerprint density at radius 3 is 2.21 bits per heavy atom. The molecule has 1 aromatic carbocycles. The number of ether oxygens (including phenoxy) is 2. The Kier molecular flexibility index (Phi) is 4.21. The molecule has 0 fully saturated rings. The first-order valence-electron chi connectivity index (χ1n) is 5.51. The second kappa shape index (κ2) is 5.47. The fourth-order valence-corrected chi connectivity index (χ4v) is 1.32. The molecular weight excluding hydrogens is 254 g/mol. The van der Waals surface area contributed by atoms with Gasteiger partial charge in [0.2, 0.25) is 5.79 Å². The third-order valence-corrected chi connectivity index (χ3v) is 2.44. The molecule has 1 unspecified atom stereocenters. The molecule has 7 heteroatoms. The molecule has 2 rings (SSSR count). The molecule has 0 spiro atoms. The fourth-order valence-electron chi connectivity index (χ4n) is 1.32. The number of carboxylic acid groups (broad SMARTS) is 2. The molecule has 0 aliphatic carbocycles. The zero-order chi connectivity index (χ0) is 14.6. The number of nitrogens with two attached hydrogens (primary N) is 1. The lowest BCUT2D eigenvalue weighted by atomic mass is 10.2. The number of benzene rings is 1. The van der Waals surface area contributed by atoms with Crippen LogP contribution in [0.4, 0.5) is 5.69 Å². The molecule has 4 N–H and O–H groups in total. The van der Waals surface area contributed by atoms with E-state index in [1.807, 2.05) is 26.0 Å². The number of nitrogen functional groups attached to an aromatic ring is 1. The molecule has 0 bridgehead atoms. The molecule has 1 aliphatic rings. The van der Waals surface area contributed by atoms with Gasteiger partial charge in [-0.3, -0.25) is 0 Å². The van der Waals surface area contributed by atoms with Crippen molar-refractivity contribution in [1.29, 1.82) is 0 Å². The van der Waals surface area contributed by atoms with Gasteiger partial charge in [0.1, 0.15) is 0 Å². The summed E-state index contributed by atoms with van der Waals surface area (Å²) in [5.74, 6) is -2.65. The van der Waals surface area contributed by atoms with Crippen LogP contribution in [0.1, 0.15) is 20.3 Å². The lowest BCUT2D eigenvalue weighted by molar-refractivity contribution is -0.159. The lowest BCUT2D eigenvalue weighted by Gasteiger charge is -2.20. The zero-order valence-corrected chi connectivity index (χ0v) is 10.5. The van der Waals surface area contributed by atoms with Crippen LogP contribution in [0.25, 0.3) is 0 Å². The monoisotopic (exact) mass is 269 g/mol. The summed E-state index contributed by atoms with van der Waals surface area (Å²) in [6.45, 7) is 3.94. The van der Waals surface area contributed by atoms with Gasteiger partial charge < -0.3 is 25.4 Å². The van der Waals surface area contributed by atoms with Gasteiger partial charge in [0.15, 0.2) is 11.5 Å². The van der Waals surface area contributed by atoms with Gasteiger partial charge in [-0.1, -0.05) is 6.92 Å². The van der Waals surface area contributed by atoms with E-state index in [0.29, 0.717) is 5.69 Å². The Morgan fingerprint density at radius 2 is 1.74 bits per heavy atom. The van der Waals surface area contributed by atoms with E-state index >= 15 is 0 Å². The standard InChI is InChI=1S/C10H13NO2.C2H2O4/c1-3-10(2)12-8-5-4-7(11)6-9(8)13-10;3-1(4)2(5)6/h4-6H,3,11H2,1-2H3;(H,3,4)(H,5,6). The summed E-state index contributed by atoms with van der Waals surface area (Å²) in [7, 11) is 0. The van der Waals surface area contributed by atoms with Gasteiger partial charge >= 0.3 is 11.9 Å². The van der Waals surface area contributed by atoms with Crippen molar-refractivity contribution in [3.8, 4) is 11.5 Å². The quantitative estimate of drug-likeness (QED) is 0.519. The van der Waals surface area contributed by atoms with Gasteiger partial charge in [-0.15, -0.1) is 0 Å². The van der Waals surface area contributed by atoms with Crippen LogP contribution in [0.5, 0.6) is 11.5 Å². The van der Waals surface area contributed by atoms with E-state index in [0.717, 1.165) is 17.9 Å². The molecule has 7 nitrogen and oxygen atoms in total. The van der Waals surface area contributed by atoms with Crippen LogP contribution < -0.4 is 15.2 Å². The van der Waals surface area contributed by atoms with E-state index in [1.165, 1.54) is 0 Å². The summed E-state index contributed by atoms with van der Waals surface area (Å²) >= 11 is 0. The van der Waals surface area contributed by atoms with Crippen LogP contribution in [0.3, 0.4) is 0 Å². The van der Waals surface area contributed by atoms with Crippen molar-refractivity contribution < 1.29 is 29.3 Å². The van der Waals surface area contributed by atoms with Crippen LogP contribution in [0.2, 0.25) is 0 Å². The molecule has 0 aromatic heterocycles. The summed E-state index contributed by atoms with van der Waals surface area (Å²) in [4.78, 5) is 18.2. The number of rotatable bonds is 1. The van der Waals surface area contributed by atoms with Gasteiger partial charge in [0.05, 0.1) is 0 Å². The molecular formula is C12H15NO6. The first-order valence-corrected chi connectivity index (χ1v) is 5.51. The third kappa shape index (κ3) is 3.77. The smallest absolute Gasteiger partial charge is 0.414 e. The van der Waals surface area contributed by atoms with E-state index in [9.17, 15) is 0 Å². The molecule has 104 valence electrons. The molecule has 1 aromatic rings. The SMILES string of the molecule is CCC1(C)Oc2ccc(N)cc2O1.O=C(O)C(=O)O. The van der Waals surface area contributed by atoms with Crippen molar-refractivity contribution in [2.24, 2.45) is 0 Å². The van der Waals surface area contributed by atoms with Gasteiger partial charge in [-0.25, -0.2) is 9.59 Å². The summed E-state index contributed by atoms with van der Waals surface area (Å²) < 4.78 is 11.2. The molecule has 1 aliphatic heterocycles. The first kappa shape index (κ1) is 14.6. The topological polar surface area (TPSA) is 119 Å². The van der Waals surface area contributed by atoms with E-state index in [2.05, 4.69) is 0 Å². The Morgan fingerprint density at radius 1 is 1.21 bits per heavy atom. The van der Waals surface area contributed by atoms with E-state index in [4.69, 9.17) is 35.0 Å². The van der Waals surface area contributed by atoms with Crippen molar-refractivity contribution in [3.63, 3.8) is 0 Å². The predicted molar refractivity (Wildman–Crippen MR) is 66.1 cm³/mol. The van der Waals surface area contributed by atoms with Gasteiger partial charge in [-0.05, 0) is 12.1 Å². The lowest BCUT2D eigenvalue weighted by Crippen LogP contribution is -2.33. The maximum Gasteiger partial charge on any atom is 0.414 e. The Bertz CT molecular complexity index is 489. The molecule has 0 amide bonds. The van der Waals surface area contributed by atoms with Gasteiger partial charge in [0, 0.05) is 25.1 Å². The molecule has 0 saturated carbocycles. The summed E-state index contributed by atoms with van der Waals surface area (Å²) in [5.41, 5.74) is 6.32. The highest BCUT2D eigenvalue weighted by Crippen LogP contribution is 2.41. The average Bonchev–Trinajstić information content (AvgIpc) is 2.66. The number of anilines is 1. The highest BCUT2D eigenvalue weighted by molar-refractivity contribution is 6.27. The minimum Gasteiger partial charge on any atom is -0.473 e. The van der Waals surface area contributed by atoms with E-state index < -0.39 is 17.7 Å². The van der Waals surface area contributed by atoms with Gasteiger partial charge in [0.25, 0.3) is 0 Å². The maximum absolute atomic E-state index is 9.10. The van der Waals surface area contributed by atoms with Crippen molar-refractivity contribution in [2.75, 3.05) is 5.73 Å². The predicted octanol–water partition coefficient (Wildman–Crippen LogP) is 1.32. The Hall–Kier alpha value is -2.44. The Labute approximate surface area is 109 Å². The highest BCUT2D eigenvalue weighted by atomic mass is 16.7. The Balaban J connectivity index is 0.000000258.